The Morgan fingerprint density at radius 3 is 2.38 bits per heavy atom. The van der Waals surface area contributed by atoms with Gasteiger partial charge in [-0.25, -0.2) is 15.0 Å². The van der Waals surface area contributed by atoms with Gasteiger partial charge in [-0.2, -0.15) is 0 Å². The lowest BCUT2D eigenvalue weighted by Crippen LogP contribution is -2.22. The molecule has 5 aromatic carbocycles. The van der Waals surface area contributed by atoms with Gasteiger partial charge in [0, 0.05) is 58.4 Å². The van der Waals surface area contributed by atoms with E-state index in [9.17, 15) is 0 Å². The zero-order valence-corrected chi connectivity index (χ0v) is 29.9. The van der Waals surface area contributed by atoms with Crippen LogP contribution in [0.3, 0.4) is 0 Å². The molecule has 0 spiro atoms. The molecular weight excluding hydrogens is 671 g/mol. The van der Waals surface area contributed by atoms with Gasteiger partial charge >= 0.3 is 0 Å². The number of benzene rings is 5. The molecule has 5 nitrogen and oxygen atoms in total. The van der Waals surface area contributed by atoms with Gasteiger partial charge in [0.1, 0.15) is 22.3 Å². The lowest BCUT2D eigenvalue weighted by atomic mass is 9.92. The fourth-order valence-electron chi connectivity index (χ4n) is 7.68. The van der Waals surface area contributed by atoms with Crippen LogP contribution in [-0.2, 0) is 6.42 Å². The summed E-state index contributed by atoms with van der Waals surface area (Å²) in [5, 5.41) is 5.59. The Kier molecular flexibility index (Phi) is 7.51. The van der Waals surface area contributed by atoms with E-state index in [0.717, 1.165) is 61.6 Å². The molecule has 0 fully saturated rings. The highest BCUT2D eigenvalue weighted by atomic mass is 32.1. The van der Waals surface area contributed by atoms with Crippen LogP contribution in [0.5, 0.6) is 0 Å². The molecule has 0 aliphatic heterocycles. The SMILES string of the molecule is C=c1oc2c(/c1=C/C=C\Cc1ccc3oc4ccccc4c3c1-c1nc(-c3ccccc3)nc(-c3ccc4c(c3)sc3ccccc34)n1)C(C)CC=C2. The fraction of sp³-hybridized carbons (Fsp3) is 0.0851. The maximum Gasteiger partial charge on any atom is 0.165 e. The van der Waals surface area contributed by atoms with Crippen LogP contribution in [0, 0.1) is 0 Å². The van der Waals surface area contributed by atoms with Gasteiger partial charge in [-0.3, -0.25) is 0 Å². The van der Waals surface area contributed by atoms with E-state index in [1.807, 2.05) is 42.5 Å². The van der Waals surface area contributed by atoms with Gasteiger partial charge in [-0.15, -0.1) is 11.3 Å². The molecule has 10 rings (SSSR count). The maximum absolute atomic E-state index is 6.41. The van der Waals surface area contributed by atoms with Crippen LogP contribution >= 0.6 is 11.3 Å². The monoisotopic (exact) mass is 703 g/mol. The molecule has 6 heteroatoms. The summed E-state index contributed by atoms with van der Waals surface area (Å²) in [7, 11) is 0. The molecule has 0 radical (unpaired) electrons. The summed E-state index contributed by atoms with van der Waals surface area (Å²) in [5.41, 5.74) is 7.46. The molecule has 1 atom stereocenters. The summed E-state index contributed by atoms with van der Waals surface area (Å²) in [6, 6.07) is 37.6. The van der Waals surface area contributed by atoms with E-state index in [2.05, 4.69) is 111 Å². The molecule has 1 aliphatic carbocycles. The smallest absolute Gasteiger partial charge is 0.165 e. The quantitative estimate of drug-likeness (QED) is 0.172. The van der Waals surface area contributed by atoms with Gasteiger partial charge in [0.05, 0.1) is 0 Å². The molecule has 0 saturated heterocycles. The predicted octanol–water partition coefficient (Wildman–Crippen LogP) is 11.2. The average molecular weight is 704 g/mol. The molecule has 1 unspecified atom stereocenters. The number of nitrogens with zero attached hydrogens (tertiary/aromatic N) is 3. The first-order valence-electron chi connectivity index (χ1n) is 17.9. The molecular formula is C47H33N3O2S. The van der Waals surface area contributed by atoms with E-state index in [1.165, 1.54) is 25.7 Å². The largest absolute Gasteiger partial charge is 0.457 e. The summed E-state index contributed by atoms with van der Waals surface area (Å²) in [4.78, 5) is 15.6. The molecule has 4 heterocycles. The van der Waals surface area contributed by atoms with Crippen molar-refractivity contribution in [3.63, 3.8) is 0 Å². The highest BCUT2D eigenvalue weighted by molar-refractivity contribution is 7.25. The van der Waals surface area contributed by atoms with Gasteiger partial charge < -0.3 is 8.83 Å². The lowest BCUT2D eigenvalue weighted by molar-refractivity contribution is 0.516. The minimum Gasteiger partial charge on any atom is -0.457 e. The normalized spacial score (nSPS) is 14.7. The lowest BCUT2D eigenvalue weighted by Gasteiger charge is -2.12. The average Bonchev–Trinajstić information content (AvgIpc) is 3.87. The Morgan fingerprint density at radius 1 is 0.736 bits per heavy atom. The van der Waals surface area contributed by atoms with Gasteiger partial charge in [-0.05, 0) is 54.7 Å². The van der Waals surface area contributed by atoms with Crippen molar-refractivity contribution in [2.24, 2.45) is 0 Å². The zero-order valence-electron chi connectivity index (χ0n) is 29.0. The first kappa shape index (κ1) is 31.4. The number of thiophene rings is 1. The van der Waals surface area contributed by atoms with Crippen molar-refractivity contribution in [3.8, 4) is 34.2 Å². The minimum absolute atomic E-state index is 0.383. The van der Waals surface area contributed by atoms with Crippen molar-refractivity contribution in [1.29, 1.82) is 0 Å². The van der Waals surface area contributed by atoms with E-state index in [1.54, 1.807) is 11.3 Å². The minimum atomic E-state index is 0.383. The Hall–Kier alpha value is -6.37. The molecule has 0 amide bonds. The second kappa shape index (κ2) is 12.7. The second-order valence-electron chi connectivity index (χ2n) is 13.6. The molecule has 0 saturated carbocycles. The summed E-state index contributed by atoms with van der Waals surface area (Å²) < 4.78 is 14.9. The predicted molar refractivity (Wildman–Crippen MR) is 219 cm³/mol. The standard InChI is InChI=1S/C47H33N3O2S/c1-28-13-12-21-38-42(28)33(29(2)51-38)17-7-6-14-30-24-26-39-44(36-19-8-10-20-37(36)52-39)43(30)47-49-45(31-15-4-3-5-16-31)48-46(50-47)32-23-25-35-34-18-9-11-22-40(34)53-41(35)27-32/h3-12,15-28H,2,13-14H2,1H3/b7-6-,33-17+. The fourth-order valence-corrected chi connectivity index (χ4v) is 8.83. The van der Waals surface area contributed by atoms with Crippen LogP contribution < -0.4 is 10.6 Å². The number of para-hydroxylation sites is 1. The second-order valence-corrected chi connectivity index (χ2v) is 14.7. The molecule has 9 aromatic rings. The van der Waals surface area contributed by atoms with Crippen LogP contribution in [0.15, 0.2) is 136 Å². The van der Waals surface area contributed by atoms with Crippen LogP contribution in [0.2, 0.25) is 0 Å². The number of furan rings is 2. The number of hydrogen-bond donors (Lipinski definition) is 0. The molecule has 4 aromatic heterocycles. The summed E-state index contributed by atoms with van der Waals surface area (Å²) in [5.74, 6) is 3.16. The first-order chi connectivity index (χ1) is 26.1. The van der Waals surface area contributed by atoms with Crippen molar-refractivity contribution >= 4 is 72.2 Å². The van der Waals surface area contributed by atoms with E-state index in [-0.39, 0.29) is 0 Å². The third kappa shape index (κ3) is 5.42. The summed E-state index contributed by atoms with van der Waals surface area (Å²) in [6.07, 6.45) is 12.3. The Labute approximate surface area is 309 Å². The van der Waals surface area contributed by atoms with Crippen molar-refractivity contribution in [2.45, 2.75) is 25.7 Å². The Bertz CT molecular complexity index is 3060. The summed E-state index contributed by atoms with van der Waals surface area (Å²) in [6.45, 7) is 6.44. The summed E-state index contributed by atoms with van der Waals surface area (Å²) >= 11 is 1.79. The molecule has 0 N–H and O–H groups in total. The van der Waals surface area contributed by atoms with Gasteiger partial charge in [0.25, 0.3) is 0 Å². The Morgan fingerprint density at radius 2 is 1.49 bits per heavy atom. The van der Waals surface area contributed by atoms with E-state index < -0.39 is 0 Å². The van der Waals surface area contributed by atoms with Crippen LogP contribution in [0.4, 0.5) is 0 Å². The Balaban J connectivity index is 1.16. The third-order valence-corrected chi connectivity index (χ3v) is 11.4. The van der Waals surface area contributed by atoms with Crippen LogP contribution in [-0.4, -0.2) is 15.0 Å². The number of aromatic nitrogens is 3. The van der Waals surface area contributed by atoms with Crippen LogP contribution in [0.25, 0.3) is 95.0 Å². The first-order valence-corrected chi connectivity index (χ1v) is 18.7. The van der Waals surface area contributed by atoms with Gasteiger partial charge in [-0.1, -0.05) is 123 Å². The zero-order chi connectivity index (χ0) is 35.5. The van der Waals surface area contributed by atoms with E-state index in [0.29, 0.717) is 35.2 Å². The highest BCUT2D eigenvalue weighted by Gasteiger charge is 2.22. The number of hydrogen-bond acceptors (Lipinski definition) is 6. The third-order valence-electron chi connectivity index (χ3n) is 10.2. The van der Waals surface area contributed by atoms with Crippen LogP contribution in [0.1, 0.15) is 36.1 Å². The molecule has 53 heavy (non-hydrogen) atoms. The topological polar surface area (TPSA) is 65.0 Å². The van der Waals surface area contributed by atoms with Gasteiger partial charge in [0.15, 0.2) is 17.5 Å². The van der Waals surface area contributed by atoms with E-state index in [4.69, 9.17) is 23.8 Å². The van der Waals surface area contributed by atoms with Crippen molar-refractivity contribution in [3.05, 3.63) is 155 Å². The van der Waals surface area contributed by atoms with E-state index >= 15 is 0 Å². The van der Waals surface area contributed by atoms with Crippen molar-refractivity contribution in [1.82, 2.24) is 15.0 Å². The molecule has 0 bridgehead atoms. The molecule has 1 aliphatic rings. The van der Waals surface area contributed by atoms with Crippen molar-refractivity contribution in [2.75, 3.05) is 0 Å². The number of allylic oxidation sites excluding steroid dienone is 3. The maximum atomic E-state index is 6.41. The molecule has 254 valence electrons. The number of fused-ring (bicyclic) bond motifs is 7. The van der Waals surface area contributed by atoms with Gasteiger partial charge in [0.2, 0.25) is 0 Å². The van der Waals surface area contributed by atoms with Crippen molar-refractivity contribution < 1.29 is 8.83 Å². The highest BCUT2D eigenvalue weighted by Crippen LogP contribution is 2.40. The number of rotatable bonds is 6.